The molecule has 0 bridgehead atoms. The average molecular weight is 344 g/mol. The second-order valence-corrected chi connectivity index (χ2v) is 5.66. The lowest BCUT2D eigenvalue weighted by Crippen LogP contribution is -2.33. The van der Waals surface area contributed by atoms with Crippen LogP contribution in [-0.4, -0.2) is 30.4 Å². The number of amides is 1. The van der Waals surface area contributed by atoms with Gasteiger partial charge in [-0.05, 0) is 60.1 Å². The second kappa shape index (κ2) is 5.25. The van der Waals surface area contributed by atoms with Crippen molar-refractivity contribution in [3.05, 3.63) is 27.3 Å². The molecule has 1 N–H and O–H groups in total. The second-order valence-electron chi connectivity index (χ2n) is 4.50. The van der Waals surface area contributed by atoms with Crippen LogP contribution in [0.4, 0.5) is 5.69 Å². The molecule has 0 atom stereocenters. The number of anilines is 1. The van der Waals surface area contributed by atoms with Crippen molar-refractivity contribution in [2.75, 3.05) is 18.9 Å². The predicted molar refractivity (Wildman–Crippen MR) is 78.2 cm³/mol. The number of rotatable bonds is 4. The van der Waals surface area contributed by atoms with Crippen LogP contribution in [0.3, 0.4) is 0 Å². The number of likely N-dealkylation sites (N-methyl/N-ethyl adjacent to an activating group) is 1. The number of halogens is 1. The van der Waals surface area contributed by atoms with Gasteiger partial charge < -0.3 is 10.2 Å². The fourth-order valence-corrected chi connectivity index (χ4v) is 2.26. The van der Waals surface area contributed by atoms with Crippen molar-refractivity contribution in [3.8, 4) is 0 Å². The highest BCUT2D eigenvalue weighted by atomic mass is 127. The maximum Gasteiger partial charge on any atom is 0.241 e. The number of carbonyl (C=O) groups excluding carboxylic acids is 1. The third-order valence-electron chi connectivity index (χ3n) is 3.19. The Labute approximate surface area is 116 Å². The minimum Gasteiger partial charge on any atom is -0.376 e. The van der Waals surface area contributed by atoms with Crippen LogP contribution in [0.15, 0.2) is 18.2 Å². The van der Waals surface area contributed by atoms with E-state index in [-0.39, 0.29) is 5.91 Å². The molecule has 0 radical (unpaired) electrons. The first-order chi connectivity index (χ1) is 8.09. The Morgan fingerprint density at radius 1 is 1.53 bits per heavy atom. The Bertz CT molecular complexity index is 429. The average Bonchev–Trinajstić information content (AvgIpc) is 3.13. The van der Waals surface area contributed by atoms with Crippen LogP contribution < -0.4 is 5.32 Å². The molecule has 0 heterocycles. The van der Waals surface area contributed by atoms with E-state index in [0.717, 1.165) is 18.5 Å². The highest BCUT2D eigenvalue weighted by molar-refractivity contribution is 14.1. The van der Waals surface area contributed by atoms with Gasteiger partial charge in [0.2, 0.25) is 5.91 Å². The number of hydrogen-bond donors (Lipinski definition) is 1. The maximum absolute atomic E-state index is 11.9. The lowest BCUT2D eigenvalue weighted by molar-refractivity contribution is -0.128. The molecule has 1 aromatic rings. The van der Waals surface area contributed by atoms with Gasteiger partial charge in [0, 0.05) is 22.3 Å². The zero-order valence-electron chi connectivity index (χ0n) is 10.2. The van der Waals surface area contributed by atoms with Crippen LogP contribution in [0.2, 0.25) is 0 Å². The summed E-state index contributed by atoms with van der Waals surface area (Å²) in [6.07, 6.45) is 2.31. The van der Waals surface area contributed by atoms with Crippen LogP contribution in [0.5, 0.6) is 0 Å². The molecule has 1 fully saturated rings. The van der Waals surface area contributed by atoms with Crippen molar-refractivity contribution in [2.45, 2.75) is 25.8 Å². The van der Waals surface area contributed by atoms with E-state index >= 15 is 0 Å². The number of nitrogens with one attached hydrogen (secondary N) is 1. The van der Waals surface area contributed by atoms with Gasteiger partial charge in [-0.15, -0.1) is 0 Å². The smallest absolute Gasteiger partial charge is 0.241 e. The van der Waals surface area contributed by atoms with Crippen molar-refractivity contribution < 1.29 is 4.79 Å². The Morgan fingerprint density at radius 3 is 2.88 bits per heavy atom. The number of nitrogens with zero attached hydrogens (tertiary/aromatic N) is 1. The first-order valence-corrected chi connectivity index (χ1v) is 6.92. The van der Waals surface area contributed by atoms with Crippen molar-refractivity contribution in [1.29, 1.82) is 0 Å². The van der Waals surface area contributed by atoms with Gasteiger partial charge >= 0.3 is 0 Å². The van der Waals surface area contributed by atoms with E-state index in [1.54, 1.807) is 0 Å². The van der Waals surface area contributed by atoms with Gasteiger partial charge in [0.15, 0.2) is 0 Å². The number of hydrogen-bond acceptors (Lipinski definition) is 2. The predicted octanol–water partition coefficient (Wildman–Crippen LogP) is 2.63. The SMILES string of the molecule is Cc1c(I)cccc1NCC(=O)N(C)C1CC1. The Balaban J connectivity index is 1.93. The lowest BCUT2D eigenvalue weighted by atomic mass is 10.2. The zero-order valence-corrected chi connectivity index (χ0v) is 12.3. The highest BCUT2D eigenvalue weighted by Crippen LogP contribution is 2.25. The summed E-state index contributed by atoms with van der Waals surface area (Å²) >= 11 is 2.31. The van der Waals surface area contributed by atoms with Gasteiger partial charge in [-0.25, -0.2) is 0 Å². The third kappa shape index (κ3) is 3.12. The van der Waals surface area contributed by atoms with E-state index < -0.39 is 0 Å². The molecule has 0 saturated heterocycles. The van der Waals surface area contributed by atoms with Gasteiger partial charge in [0.25, 0.3) is 0 Å². The summed E-state index contributed by atoms with van der Waals surface area (Å²) in [6.45, 7) is 2.45. The monoisotopic (exact) mass is 344 g/mol. The summed E-state index contributed by atoms with van der Waals surface area (Å²) in [5.41, 5.74) is 2.25. The Morgan fingerprint density at radius 2 is 2.24 bits per heavy atom. The van der Waals surface area contributed by atoms with Gasteiger partial charge in [0.1, 0.15) is 0 Å². The van der Waals surface area contributed by atoms with E-state index in [1.165, 1.54) is 9.13 Å². The maximum atomic E-state index is 11.9. The lowest BCUT2D eigenvalue weighted by Gasteiger charge is -2.17. The standard InChI is InChI=1S/C13H17IN2O/c1-9-11(14)4-3-5-12(9)15-8-13(17)16(2)10-6-7-10/h3-5,10,15H,6-8H2,1-2H3. The molecule has 1 aliphatic carbocycles. The van der Waals surface area contributed by atoms with E-state index in [2.05, 4.69) is 40.9 Å². The van der Waals surface area contributed by atoms with Crippen molar-refractivity contribution in [2.24, 2.45) is 0 Å². The molecule has 2 rings (SSSR count). The van der Waals surface area contributed by atoms with Crippen LogP contribution in [-0.2, 0) is 4.79 Å². The molecule has 0 unspecified atom stereocenters. The molecule has 3 nitrogen and oxygen atoms in total. The largest absolute Gasteiger partial charge is 0.376 e. The normalized spacial score (nSPS) is 14.5. The Hall–Kier alpha value is -0.780. The van der Waals surface area contributed by atoms with E-state index in [9.17, 15) is 4.79 Å². The fraction of sp³-hybridized carbons (Fsp3) is 0.462. The third-order valence-corrected chi connectivity index (χ3v) is 4.35. The zero-order chi connectivity index (χ0) is 12.4. The molecule has 1 aromatic carbocycles. The number of carbonyl (C=O) groups is 1. The van der Waals surface area contributed by atoms with Crippen LogP contribution in [0.25, 0.3) is 0 Å². The van der Waals surface area contributed by atoms with Gasteiger partial charge in [-0.1, -0.05) is 6.07 Å². The summed E-state index contributed by atoms with van der Waals surface area (Å²) in [5.74, 6) is 0.172. The number of benzene rings is 1. The molecular weight excluding hydrogens is 327 g/mol. The first-order valence-electron chi connectivity index (χ1n) is 5.84. The molecular formula is C13H17IN2O. The van der Waals surface area contributed by atoms with Gasteiger partial charge in [0.05, 0.1) is 6.54 Å². The molecule has 0 aromatic heterocycles. The van der Waals surface area contributed by atoms with Crippen LogP contribution in [0, 0.1) is 10.5 Å². The van der Waals surface area contributed by atoms with Crippen molar-refractivity contribution in [3.63, 3.8) is 0 Å². The minimum atomic E-state index is 0.172. The fourth-order valence-electron chi connectivity index (χ4n) is 1.76. The molecule has 17 heavy (non-hydrogen) atoms. The van der Waals surface area contributed by atoms with E-state index in [0.29, 0.717) is 12.6 Å². The molecule has 92 valence electrons. The molecule has 4 heteroatoms. The van der Waals surface area contributed by atoms with Gasteiger partial charge in [-0.3, -0.25) is 4.79 Å². The summed E-state index contributed by atoms with van der Waals surface area (Å²) in [5, 5.41) is 3.22. The molecule has 1 aliphatic rings. The van der Waals surface area contributed by atoms with Crippen LogP contribution >= 0.6 is 22.6 Å². The van der Waals surface area contributed by atoms with E-state index in [1.807, 2.05) is 24.1 Å². The van der Waals surface area contributed by atoms with Crippen molar-refractivity contribution in [1.82, 2.24) is 4.90 Å². The summed E-state index contributed by atoms with van der Waals surface area (Å²) in [4.78, 5) is 13.7. The van der Waals surface area contributed by atoms with Crippen LogP contribution in [0.1, 0.15) is 18.4 Å². The molecule has 0 aliphatic heterocycles. The van der Waals surface area contributed by atoms with Crippen molar-refractivity contribution >= 4 is 34.2 Å². The van der Waals surface area contributed by atoms with E-state index in [4.69, 9.17) is 0 Å². The van der Waals surface area contributed by atoms with Gasteiger partial charge in [-0.2, -0.15) is 0 Å². The summed E-state index contributed by atoms with van der Waals surface area (Å²) in [6, 6.07) is 6.58. The topological polar surface area (TPSA) is 32.3 Å². The first kappa shape index (κ1) is 12.7. The molecule has 1 amide bonds. The summed E-state index contributed by atoms with van der Waals surface area (Å²) < 4.78 is 1.22. The highest BCUT2D eigenvalue weighted by Gasteiger charge is 2.29. The summed E-state index contributed by atoms with van der Waals surface area (Å²) in [7, 11) is 1.89. The quantitative estimate of drug-likeness (QED) is 0.852. The molecule has 1 saturated carbocycles. The Kier molecular flexibility index (Phi) is 3.91. The minimum absolute atomic E-state index is 0.172. The molecule has 0 spiro atoms.